The third kappa shape index (κ3) is 5.37. The number of rotatable bonds is 7. The Labute approximate surface area is 185 Å². The molecule has 3 rings (SSSR count). The number of ether oxygens (including phenoxy) is 2. The van der Waals surface area contributed by atoms with Crippen LogP contribution in [0.3, 0.4) is 0 Å². The standard InChI is InChI=1S/C21H17ClF4N2O4/c1-11-7-15(29)27-28-18(11)13-8-14(23)19(16(22)17(13)24)31-9-21(25,26)10-32-20(30)12-5-3-2-4-6-12/h2-6,8,11H,7,9-10H2,1H3,(H,27,29). The molecule has 0 aliphatic carbocycles. The number of nitrogens with zero attached hydrogens (tertiary/aromatic N) is 1. The summed E-state index contributed by atoms with van der Waals surface area (Å²) in [5.41, 5.74) is 1.97. The van der Waals surface area contributed by atoms with Gasteiger partial charge in [0.15, 0.2) is 30.6 Å². The van der Waals surface area contributed by atoms with Crippen molar-refractivity contribution in [1.82, 2.24) is 5.43 Å². The van der Waals surface area contributed by atoms with E-state index in [1.807, 2.05) is 0 Å². The summed E-state index contributed by atoms with van der Waals surface area (Å²) in [7, 11) is 0. The fourth-order valence-electron chi connectivity index (χ4n) is 2.92. The lowest BCUT2D eigenvalue weighted by Gasteiger charge is -2.21. The zero-order valence-electron chi connectivity index (χ0n) is 16.6. The normalized spacial score (nSPS) is 16.2. The maximum atomic E-state index is 14.7. The fourth-order valence-corrected chi connectivity index (χ4v) is 3.17. The van der Waals surface area contributed by atoms with Crippen LogP contribution in [0.5, 0.6) is 5.75 Å². The molecule has 1 unspecified atom stereocenters. The van der Waals surface area contributed by atoms with E-state index in [4.69, 9.17) is 16.3 Å². The lowest BCUT2D eigenvalue weighted by Crippen LogP contribution is -2.33. The van der Waals surface area contributed by atoms with Crippen molar-refractivity contribution in [2.75, 3.05) is 13.2 Å². The Bertz CT molecular complexity index is 1060. The molecule has 2 aromatic rings. The maximum absolute atomic E-state index is 14.7. The number of carbonyl (C=O) groups is 2. The second-order valence-corrected chi connectivity index (χ2v) is 7.46. The SMILES string of the molecule is CC1CC(=O)NN=C1c1cc(F)c(OCC(F)(F)COC(=O)c2ccccc2)c(Cl)c1F. The van der Waals surface area contributed by atoms with Gasteiger partial charge in [-0.05, 0) is 18.2 Å². The van der Waals surface area contributed by atoms with E-state index in [2.05, 4.69) is 15.3 Å². The van der Waals surface area contributed by atoms with E-state index in [1.54, 1.807) is 13.0 Å². The summed E-state index contributed by atoms with van der Waals surface area (Å²) in [6, 6.07) is 8.19. The Kier molecular flexibility index (Phi) is 7.02. The second-order valence-electron chi connectivity index (χ2n) is 7.09. The molecule has 0 bridgehead atoms. The molecule has 2 aromatic carbocycles. The highest BCUT2D eigenvalue weighted by Crippen LogP contribution is 2.35. The molecular formula is C21H17ClF4N2O4. The highest BCUT2D eigenvalue weighted by molar-refractivity contribution is 6.32. The van der Waals surface area contributed by atoms with Crippen LogP contribution in [-0.4, -0.2) is 36.7 Å². The van der Waals surface area contributed by atoms with Crippen LogP contribution in [0.25, 0.3) is 0 Å². The molecular weight excluding hydrogens is 456 g/mol. The van der Waals surface area contributed by atoms with Crippen LogP contribution in [0, 0.1) is 17.6 Å². The summed E-state index contributed by atoms with van der Waals surface area (Å²) in [4.78, 5) is 23.1. The first-order chi connectivity index (χ1) is 15.1. The first kappa shape index (κ1) is 23.5. The first-order valence-corrected chi connectivity index (χ1v) is 9.74. The van der Waals surface area contributed by atoms with E-state index in [0.717, 1.165) is 0 Å². The largest absolute Gasteiger partial charge is 0.482 e. The molecule has 0 aromatic heterocycles. The molecule has 0 saturated carbocycles. The molecule has 1 atom stereocenters. The van der Waals surface area contributed by atoms with Gasteiger partial charge in [0.2, 0.25) is 5.91 Å². The average Bonchev–Trinajstić information content (AvgIpc) is 2.75. The lowest BCUT2D eigenvalue weighted by atomic mass is 9.93. The van der Waals surface area contributed by atoms with Crippen LogP contribution < -0.4 is 10.2 Å². The number of hydrogen-bond donors (Lipinski definition) is 1. The molecule has 32 heavy (non-hydrogen) atoms. The average molecular weight is 473 g/mol. The summed E-state index contributed by atoms with van der Waals surface area (Å²) >= 11 is 5.82. The summed E-state index contributed by atoms with van der Waals surface area (Å²) < 4.78 is 66.7. The Morgan fingerprint density at radius 1 is 1.25 bits per heavy atom. The molecule has 11 heteroatoms. The summed E-state index contributed by atoms with van der Waals surface area (Å²) in [6.45, 7) is -1.17. The number of carbonyl (C=O) groups excluding carboxylic acids is 2. The van der Waals surface area contributed by atoms with Crippen molar-refractivity contribution < 1.29 is 36.6 Å². The van der Waals surface area contributed by atoms with Gasteiger partial charge in [-0.25, -0.2) is 19.0 Å². The Hall–Kier alpha value is -3.14. The quantitative estimate of drug-likeness (QED) is 0.369. The van der Waals surface area contributed by atoms with Gasteiger partial charge in [0, 0.05) is 17.9 Å². The van der Waals surface area contributed by atoms with Gasteiger partial charge in [0.05, 0.1) is 11.3 Å². The van der Waals surface area contributed by atoms with Crippen LogP contribution in [0.1, 0.15) is 29.3 Å². The second kappa shape index (κ2) is 9.56. The number of alkyl halides is 2. The van der Waals surface area contributed by atoms with E-state index in [9.17, 15) is 27.2 Å². The summed E-state index contributed by atoms with van der Waals surface area (Å²) in [6.07, 6.45) is 0.00366. The topological polar surface area (TPSA) is 77.0 Å². The van der Waals surface area contributed by atoms with Crippen LogP contribution in [0.4, 0.5) is 17.6 Å². The van der Waals surface area contributed by atoms with Gasteiger partial charge >= 0.3 is 11.9 Å². The minimum atomic E-state index is -3.71. The molecule has 1 aliphatic rings. The van der Waals surface area contributed by atoms with Crippen molar-refractivity contribution in [3.63, 3.8) is 0 Å². The predicted molar refractivity (Wildman–Crippen MR) is 107 cm³/mol. The number of hydrazone groups is 1. The predicted octanol–water partition coefficient (Wildman–Crippen LogP) is 4.35. The van der Waals surface area contributed by atoms with Crippen molar-refractivity contribution in [2.45, 2.75) is 19.3 Å². The van der Waals surface area contributed by atoms with Crippen LogP contribution >= 0.6 is 11.6 Å². The highest BCUT2D eigenvalue weighted by Gasteiger charge is 2.34. The third-order valence-corrected chi connectivity index (χ3v) is 4.84. The van der Waals surface area contributed by atoms with Gasteiger partial charge in [-0.2, -0.15) is 13.9 Å². The van der Waals surface area contributed by atoms with Gasteiger partial charge in [-0.15, -0.1) is 0 Å². The van der Waals surface area contributed by atoms with Gasteiger partial charge in [0.1, 0.15) is 5.02 Å². The molecule has 0 fully saturated rings. The third-order valence-electron chi connectivity index (χ3n) is 4.50. The minimum Gasteiger partial charge on any atom is -0.482 e. The van der Waals surface area contributed by atoms with Crippen molar-refractivity contribution >= 4 is 29.2 Å². The number of hydrogen-bond acceptors (Lipinski definition) is 5. The zero-order chi connectivity index (χ0) is 23.5. The molecule has 6 nitrogen and oxygen atoms in total. The van der Waals surface area contributed by atoms with Gasteiger partial charge < -0.3 is 9.47 Å². The summed E-state index contributed by atoms with van der Waals surface area (Å²) in [5.74, 6) is -8.84. The van der Waals surface area contributed by atoms with Gasteiger partial charge in [-0.1, -0.05) is 36.7 Å². The van der Waals surface area contributed by atoms with E-state index in [-0.39, 0.29) is 29.2 Å². The fraction of sp³-hybridized carbons (Fsp3) is 0.286. The van der Waals surface area contributed by atoms with E-state index < -0.39 is 53.4 Å². The van der Waals surface area contributed by atoms with Crippen molar-refractivity contribution in [2.24, 2.45) is 11.0 Å². The monoisotopic (exact) mass is 472 g/mol. The molecule has 1 N–H and O–H groups in total. The van der Waals surface area contributed by atoms with E-state index >= 15 is 0 Å². The number of esters is 1. The molecule has 1 amide bonds. The maximum Gasteiger partial charge on any atom is 0.338 e. The Morgan fingerprint density at radius 2 is 1.94 bits per heavy atom. The summed E-state index contributed by atoms with van der Waals surface area (Å²) in [5, 5.41) is 2.87. The number of benzene rings is 2. The van der Waals surface area contributed by atoms with E-state index in [0.29, 0.717) is 6.07 Å². The van der Waals surface area contributed by atoms with E-state index in [1.165, 1.54) is 24.3 Å². The molecule has 0 spiro atoms. The van der Waals surface area contributed by atoms with Crippen LogP contribution in [0.15, 0.2) is 41.5 Å². The number of nitrogens with one attached hydrogen (secondary N) is 1. The molecule has 0 saturated heterocycles. The van der Waals surface area contributed by atoms with Crippen molar-refractivity contribution in [3.05, 3.63) is 64.2 Å². The van der Waals surface area contributed by atoms with Gasteiger partial charge in [-0.3, -0.25) is 4.79 Å². The smallest absolute Gasteiger partial charge is 0.338 e. The Balaban J connectivity index is 1.70. The highest BCUT2D eigenvalue weighted by atomic mass is 35.5. The number of halogens is 5. The Morgan fingerprint density at radius 3 is 2.59 bits per heavy atom. The van der Waals surface area contributed by atoms with Crippen molar-refractivity contribution in [3.8, 4) is 5.75 Å². The van der Waals surface area contributed by atoms with Crippen LogP contribution in [0.2, 0.25) is 5.02 Å². The van der Waals surface area contributed by atoms with Gasteiger partial charge in [0.25, 0.3) is 0 Å². The molecule has 0 radical (unpaired) electrons. The molecule has 170 valence electrons. The zero-order valence-corrected chi connectivity index (χ0v) is 17.4. The number of amides is 1. The lowest BCUT2D eigenvalue weighted by molar-refractivity contribution is -0.121. The first-order valence-electron chi connectivity index (χ1n) is 9.36. The molecule has 1 aliphatic heterocycles. The minimum absolute atomic E-state index is 0.00366. The molecule has 1 heterocycles. The van der Waals surface area contributed by atoms with Crippen molar-refractivity contribution in [1.29, 1.82) is 0 Å². The van der Waals surface area contributed by atoms with Crippen LogP contribution in [-0.2, 0) is 9.53 Å².